The number of halogens is 5. The number of amidine groups is 1. The summed E-state index contributed by atoms with van der Waals surface area (Å²) in [7, 11) is 0. The molecule has 0 radical (unpaired) electrons. The van der Waals surface area contributed by atoms with Gasteiger partial charge in [-0.2, -0.15) is 0 Å². The first-order valence-electron chi connectivity index (χ1n) is 8.86. The molecule has 31 heavy (non-hydrogen) atoms. The van der Waals surface area contributed by atoms with Gasteiger partial charge in [0, 0.05) is 28.6 Å². The van der Waals surface area contributed by atoms with Crippen molar-refractivity contribution in [1.82, 2.24) is 4.98 Å². The standard InChI is InChI=1S/C19H17F5N4O3/c1-9-4-10(15(21)22)6-26-16(9)31-18(29)27-11-2-3-13(20)12(5-11)19(17(23)24)8-30-7-14(25)28-19/h2-6,15,17H,7-8H2,1H3,(H2,25,28)(H,27,29). The summed E-state index contributed by atoms with van der Waals surface area (Å²) in [4.78, 5) is 19.5. The lowest BCUT2D eigenvalue weighted by atomic mass is 9.90. The number of alkyl halides is 4. The van der Waals surface area contributed by atoms with Crippen molar-refractivity contribution in [3.63, 3.8) is 0 Å². The van der Waals surface area contributed by atoms with Crippen molar-refractivity contribution in [3.8, 4) is 5.88 Å². The fourth-order valence-corrected chi connectivity index (χ4v) is 2.98. The number of carbonyl (C=O) groups is 1. The highest BCUT2D eigenvalue weighted by Gasteiger charge is 2.46. The van der Waals surface area contributed by atoms with Gasteiger partial charge in [-0.25, -0.2) is 31.7 Å². The number of benzene rings is 1. The Labute approximate surface area is 173 Å². The highest BCUT2D eigenvalue weighted by Crippen LogP contribution is 2.38. The minimum absolute atomic E-state index is 0.0809. The van der Waals surface area contributed by atoms with E-state index in [9.17, 15) is 26.7 Å². The number of aryl methyl sites for hydroxylation is 1. The van der Waals surface area contributed by atoms with E-state index in [0.29, 0.717) is 0 Å². The Hall–Kier alpha value is -3.28. The molecule has 1 aromatic heterocycles. The second-order valence-electron chi connectivity index (χ2n) is 6.72. The largest absolute Gasteiger partial charge is 0.418 e. The number of nitrogens with one attached hydrogen (secondary N) is 1. The van der Waals surface area contributed by atoms with Gasteiger partial charge in [0.15, 0.2) is 5.54 Å². The maximum absolute atomic E-state index is 14.4. The Morgan fingerprint density at radius 3 is 2.65 bits per heavy atom. The first-order chi connectivity index (χ1) is 14.6. The number of hydrogen-bond donors (Lipinski definition) is 2. The second kappa shape index (κ2) is 8.84. The third-order valence-corrected chi connectivity index (χ3v) is 4.45. The summed E-state index contributed by atoms with van der Waals surface area (Å²) in [6, 6.07) is 4.06. The minimum Gasteiger partial charge on any atom is -0.391 e. The fourth-order valence-electron chi connectivity index (χ4n) is 2.98. The fraction of sp³-hybridized carbons (Fsp3) is 0.316. The summed E-state index contributed by atoms with van der Waals surface area (Å²) < 4.78 is 77.5. The van der Waals surface area contributed by atoms with Crippen LogP contribution in [0.5, 0.6) is 5.88 Å². The first kappa shape index (κ1) is 22.4. The molecule has 0 aliphatic carbocycles. The molecule has 7 nitrogen and oxygen atoms in total. The Bertz CT molecular complexity index is 1020. The van der Waals surface area contributed by atoms with Crippen molar-refractivity contribution in [3.05, 3.63) is 53.0 Å². The molecule has 0 fully saturated rings. The molecule has 3 rings (SSSR count). The van der Waals surface area contributed by atoms with E-state index in [-0.39, 0.29) is 35.1 Å². The normalized spacial score (nSPS) is 18.8. The molecule has 0 saturated heterocycles. The van der Waals surface area contributed by atoms with E-state index in [1.807, 2.05) is 0 Å². The molecule has 1 aliphatic rings. The van der Waals surface area contributed by atoms with Crippen LogP contribution in [0.4, 0.5) is 32.4 Å². The molecule has 1 amide bonds. The molecule has 0 saturated carbocycles. The van der Waals surface area contributed by atoms with Gasteiger partial charge in [0.1, 0.15) is 18.3 Å². The number of ether oxygens (including phenoxy) is 2. The van der Waals surface area contributed by atoms with Crippen molar-refractivity contribution in [1.29, 1.82) is 0 Å². The number of aliphatic imine (C=N–C) groups is 1. The number of anilines is 1. The molecule has 1 atom stereocenters. The highest BCUT2D eigenvalue weighted by molar-refractivity contribution is 5.86. The average molecular weight is 444 g/mol. The van der Waals surface area contributed by atoms with Crippen LogP contribution in [0, 0.1) is 12.7 Å². The molecule has 1 aromatic carbocycles. The van der Waals surface area contributed by atoms with Gasteiger partial charge in [-0.3, -0.25) is 10.3 Å². The van der Waals surface area contributed by atoms with Crippen molar-refractivity contribution in [2.45, 2.75) is 25.3 Å². The van der Waals surface area contributed by atoms with Crippen molar-refractivity contribution in [2.75, 3.05) is 18.5 Å². The minimum atomic E-state index is -3.15. The summed E-state index contributed by atoms with van der Waals surface area (Å²) in [6.07, 6.45) is -6.13. The van der Waals surface area contributed by atoms with Crippen LogP contribution >= 0.6 is 0 Å². The Balaban J connectivity index is 1.84. The predicted octanol–water partition coefficient (Wildman–Crippen LogP) is 3.93. The average Bonchev–Trinajstić information content (AvgIpc) is 2.70. The number of carbonyl (C=O) groups excluding carboxylic acids is 1. The first-order valence-corrected chi connectivity index (χ1v) is 8.86. The van der Waals surface area contributed by atoms with Gasteiger partial charge in [0.25, 0.3) is 12.9 Å². The lowest BCUT2D eigenvalue weighted by molar-refractivity contribution is -0.0145. The van der Waals surface area contributed by atoms with E-state index < -0.39 is 42.5 Å². The smallest absolute Gasteiger partial charge is 0.391 e. The van der Waals surface area contributed by atoms with Gasteiger partial charge >= 0.3 is 6.09 Å². The third-order valence-electron chi connectivity index (χ3n) is 4.45. The number of rotatable bonds is 5. The number of amides is 1. The molecule has 1 aliphatic heterocycles. The van der Waals surface area contributed by atoms with Crippen LogP contribution in [0.2, 0.25) is 0 Å². The number of nitrogens with two attached hydrogens (primary N) is 1. The van der Waals surface area contributed by atoms with Gasteiger partial charge in [-0.15, -0.1) is 0 Å². The van der Waals surface area contributed by atoms with Crippen LogP contribution in [0.15, 0.2) is 35.5 Å². The van der Waals surface area contributed by atoms with Gasteiger partial charge < -0.3 is 15.2 Å². The number of pyridine rings is 1. The van der Waals surface area contributed by atoms with Crippen LogP contribution in [-0.2, 0) is 10.3 Å². The zero-order valence-corrected chi connectivity index (χ0v) is 16.0. The summed E-state index contributed by atoms with van der Waals surface area (Å²) >= 11 is 0. The van der Waals surface area contributed by atoms with Crippen LogP contribution in [0.25, 0.3) is 0 Å². The third kappa shape index (κ3) is 4.74. The molecular weight excluding hydrogens is 427 g/mol. The number of aromatic nitrogens is 1. The van der Waals surface area contributed by atoms with Gasteiger partial charge in [0.05, 0.1) is 6.61 Å². The number of hydrogen-bond acceptors (Lipinski definition) is 6. The molecule has 0 bridgehead atoms. The summed E-state index contributed by atoms with van der Waals surface area (Å²) in [5, 5.41) is 2.25. The van der Waals surface area contributed by atoms with Gasteiger partial charge in [-0.05, 0) is 31.2 Å². The van der Waals surface area contributed by atoms with Crippen LogP contribution in [0.3, 0.4) is 0 Å². The van der Waals surface area contributed by atoms with Gasteiger partial charge in [0.2, 0.25) is 5.88 Å². The van der Waals surface area contributed by atoms with E-state index in [2.05, 4.69) is 15.3 Å². The van der Waals surface area contributed by atoms with E-state index in [1.54, 1.807) is 0 Å². The van der Waals surface area contributed by atoms with Crippen molar-refractivity contribution < 1.29 is 36.2 Å². The zero-order chi connectivity index (χ0) is 22.8. The topological polar surface area (TPSA) is 98.8 Å². The summed E-state index contributed by atoms with van der Waals surface area (Å²) in [5.41, 5.74) is 2.35. The maximum Gasteiger partial charge on any atom is 0.418 e. The predicted molar refractivity (Wildman–Crippen MR) is 100 cm³/mol. The highest BCUT2D eigenvalue weighted by atomic mass is 19.3. The Morgan fingerprint density at radius 1 is 1.29 bits per heavy atom. The van der Waals surface area contributed by atoms with E-state index >= 15 is 0 Å². The monoisotopic (exact) mass is 444 g/mol. The van der Waals surface area contributed by atoms with Crippen LogP contribution in [-0.4, -0.2) is 36.6 Å². The lowest BCUT2D eigenvalue weighted by Gasteiger charge is -2.33. The van der Waals surface area contributed by atoms with Crippen LogP contribution < -0.4 is 15.8 Å². The quantitative estimate of drug-likeness (QED) is 0.681. The van der Waals surface area contributed by atoms with Crippen molar-refractivity contribution >= 4 is 17.6 Å². The molecular formula is C19H17F5N4O3. The molecule has 2 heterocycles. The van der Waals surface area contributed by atoms with Crippen molar-refractivity contribution in [2.24, 2.45) is 10.7 Å². The van der Waals surface area contributed by atoms with Gasteiger partial charge in [-0.1, -0.05) is 0 Å². The maximum atomic E-state index is 14.4. The lowest BCUT2D eigenvalue weighted by Crippen LogP contribution is -2.45. The van der Waals surface area contributed by atoms with Crippen LogP contribution in [0.1, 0.15) is 23.1 Å². The zero-order valence-electron chi connectivity index (χ0n) is 16.0. The number of nitrogens with zero attached hydrogens (tertiary/aromatic N) is 2. The Kier molecular flexibility index (Phi) is 6.39. The molecule has 2 aromatic rings. The molecule has 0 spiro atoms. The molecule has 3 N–H and O–H groups in total. The molecule has 166 valence electrons. The summed E-state index contributed by atoms with van der Waals surface area (Å²) in [5.74, 6) is -1.45. The molecule has 1 unspecified atom stereocenters. The SMILES string of the molecule is Cc1cc(C(F)F)cnc1OC(=O)Nc1ccc(F)c(C2(C(F)F)COCC(N)=N2)c1. The Morgan fingerprint density at radius 2 is 2.03 bits per heavy atom. The molecule has 12 heteroatoms. The second-order valence-corrected chi connectivity index (χ2v) is 6.72. The van der Waals surface area contributed by atoms with E-state index in [1.165, 1.54) is 6.92 Å². The van der Waals surface area contributed by atoms with E-state index in [4.69, 9.17) is 15.2 Å². The van der Waals surface area contributed by atoms with E-state index in [0.717, 1.165) is 30.5 Å². The summed E-state index contributed by atoms with van der Waals surface area (Å²) in [6.45, 7) is 0.627.